The van der Waals surface area contributed by atoms with E-state index < -0.39 is 17.8 Å². The van der Waals surface area contributed by atoms with Gasteiger partial charge >= 0.3 is 17.8 Å². The molecular formula is C10H7F3N2O2. The van der Waals surface area contributed by atoms with Crippen molar-refractivity contribution in [3.63, 3.8) is 0 Å². The van der Waals surface area contributed by atoms with Gasteiger partial charge in [-0.3, -0.25) is 4.79 Å². The second-order valence-corrected chi connectivity index (χ2v) is 3.49. The molecule has 7 heteroatoms. The third-order valence-electron chi connectivity index (χ3n) is 2.21. The van der Waals surface area contributed by atoms with Gasteiger partial charge in [0.1, 0.15) is 5.75 Å². The van der Waals surface area contributed by atoms with Gasteiger partial charge in [-0.25, -0.2) is 0 Å². The first kappa shape index (κ1) is 11.6. The summed E-state index contributed by atoms with van der Waals surface area (Å²) < 4.78 is 42.6. The molecule has 0 aliphatic carbocycles. The minimum atomic E-state index is -4.55. The van der Waals surface area contributed by atoms with Crippen molar-refractivity contribution in [2.24, 2.45) is 10.2 Å². The molecule has 1 aromatic rings. The highest BCUT2D eigenvalue weighted by atomic mass is 19.4. The number of esters is 1. The summed E-state index contributed by atoms with van der Waals surface area (Å²) in [5.74, 6) is -0.358. The molecule has 1 aliphatic heterocycles. The number of hydrogen-bond acceptors (Lipinski definition) is 4. The first-order chi connectivity index (χ1) is 7.85. The fraction of sp³-hybridized carbons (Fsp3) is 0.300. The van der Waals surface area contributed by atoms with Crippen molar-refractivity contribution < 1.29 is 22.7 Å². The zero-order chi connectivity index (χ0) is 12.7. The Kier molecular flexibility index (Phi) is 2.41. The molecule has 2 rings (SSSR count). The summed E-state index contributed by atoms with van der Waals surface area (Å²) in [5.41, 5.74) is -2.53. The van der Waals surface area contributed by atoms with Gasteiger partial charge in [0.2, 0.25) is 0 Å². The predicted molar refractivity (Wildman–Crippen MR) is 50.3 cm³/mol. The Morgan fingerprint density at radius 3 is 2.12 bits per heavy atom. The Morgan fingerprint density at radius 2 is 1.76 bits per heavy atom. The zero-order valence-corrected chi connectivity index (χ0v) is 8.65. The number of ether oxygens (including phenoxy) is 1. The number of alkyl halides is 3. The lowest BCUT2D eigenvalue weighted by molar-refractivity contribution is -0.166. The van der Waals surface area contributed by atoms with Gasteiger partial charge in [-0.1, -0.05) is 12.1 Å². The van der Waals surface area contributed by atoms with Crippen LogP contribution in [0.25, 0.3) is 0 Å². The molecule has 0 spiro atoms. The average Bonchev–Trinajstić information content (AvgIpc) is 2.97. The Labute approximate surface area is 94.1 Å². The van der Waals surface area contributed by atoms with Crippen LogP contribution in [0.2, 0.25) is 0 Å². The first-order valence-electron chi connectivity index (χ1n) is 4.65. The monoisotopic (exact) mass is 244 g/mol. The summed E-state index contributed by atoms with van der Waals surface area (Å²) in [6.45, 7) is 1.21. The molecule has 1 heterocycles. The lowest BCUT2D eigenvalue weighted by Crippen LogP contribution is -2.29. The third kappa shape index (κ3) is 2.00. The van der Waals surface area contributed by atoms with Gasteiger partial charge < -0.3 is 4.74 Å². The maximum Gasteiger partial charge on any atom is 0.442 e. The number of nitrogens with zero attached hydrogens (tertiary/aromatic N) is 2. The van der Waals surface area contributed by atoms with Crippen molar-refractivity contribution in [3.05, 3.63) is 29.8 Å². The summed E-state index contributed by atoms with van der Waals surface area (Å²) in [7, 11) is 0. The van der Waals surface area contributed by atoms with Crippen molar-refractivity contribution in [3.8, 4) is 5.75 Å². The number of rotatable bonds is 2. The second-order valence-electron chi connectivity index (χ2n) is 3.49. The molecule has 0 bridgehead atoms. The molecule has 0 saturated carbocycles. The van der Waals surface area contributed by atoms with E-state index in [1.165, 1.54) is 31.2 Å². The van der Waals surface area contributed by atoms with E-state index in [1.807, 2.05) is 0 Å². The van der Waals surface area contributed by atoms with E-state index in [0.717, 1.165) is 0 Å². The minimum absolute atomic E-state index is 0.0964. The van der Waals surface area contributed by atoms with Crippen molar-refractivity contribution in [2.75, 3.05) is 0 Å². The highest BCUT2D eigenvalue weighted by molar-refractivity contribution is 5.69. The molecule has 4 nitrogen and oxygen atoms in total. The van der Waals surface area contributed by atoms with Gasteiger partial charge in [-0.2, -0.15) is 13.2 Å². The lowest BCUT2D eigenvalue weighted by Gasteiger charge is -2.14. The molecule has 0 amide bonds. The molecule has 0 saturated heterocycles. The highest BCUT2D eigenvalue weighted by Gasteiger charge is 2.65. The largest absolute Gasteiger partial charge is 0.442 e. The van der Waals surface area contributed by atoms with Crippen molar-refractivity contribution >= 4 is 5.97 Å². The predicted octanol–water partition coefficient (Wildman–Crippen LogP) is 2.79. The standard InChI is InChI=1S/C10H7F3N2O2/c1-6(16)17-8-4-2-7(3-5-8)9(14-15-9)10(11,12)13/h2-5H,1H3. The Balaban J connectivity index is 2.22. The van der Waals surface area contributed by atoms with Crippen LogP contribution in [0.1, 0.15) is 12.5 Å². The highest BCUT2D eigenvalue weighted by Crippen LogP contribution is 2.52. The molecule has 0 radical (unpaired) electrons. The molecule has 17 heavy (non-hydrogen) atoms. The van der Waals surface area contributed by atoms with Crippen LogP contribution in [-0.2, 0) is 10.5 Å². The molecule has 0 N–H and O–H groups in total. The summed E-state index contributed by atoms with van der Waals surface area (Å²) in [6.07, 6.45) is -4.55. The van der Waals surface area contributed by atoms with Gasteiger partial charge in [-0.15, -0.1) is 10.2 Å². The molecule has 90 valence electrons. The SMILES string of the molecule is CC(=O)Oc1ccc(C2(C(F)(F)F)N=N2)cc1. The van der Waals surface area contributed by atoms with E-state index in [-0.39, 0.29) is 11.3 Å². The van der Waals surface area contributed by atoms with Gasteiger partial charge in [0.05, 0.1) is 0 Å². The van der Waals surface area contributed by atoms with Crippen LogP contribution in [0.3, 0.4) is 0 Å². The van der Waals surface area contributed by atoms with E-state index in [4.69, 9.17) is 4.74 Å². The Bertz CT molecular complexity index is 473. The zero-order valence-electron chi connectivity index (χ0n) is 8.65. The van der Waals surface area contributed by atoms with E-state index in [9.17, 15) is 18.0 Å². The summed E-state index contributed by atoms with van der Waals surface area (Å²) in [6, 6.07) is 4.92. The number of carbonyl (C=O) groups excluding carboxylic acids is 1. The van der Waals surface area contributed by atoms with Gasteiger partial charge in [0, 0.05) is 12.5 Å². The lowest BCUT2D eigenvalue weighted by atomic mass is 10.0. The summed E-state index contributed by atoms with van der Waals surface area (Å²) in [5, 5.41) is 6.12. The fourth-order valence-corrected chi connectivity index (χ4v) is 1.36. The topological polar surface area (TPSA) is 51.0 Å². The number of halogens is 3. The molecule has 1 aliphatic rings. The quantitative estimate of drug-likeness (QED) is 0.593. The number of hydrogen-bond donors (Lipinski definition) is 0. The van der Waals surface area contributed by atoms with Crippen LogP contribution in [-0.4, -0.2) is 12.1 Å². The molecule has 0 aromatic heterocycles. The molecule has 0 fully saturated rings. The van der Waals surface area contributed by atoms with Crippen molar-refractivity contribution in [1.82, 2.24) is 0 Å². The molecule has 0 atom stereocenters. The van der Waals surface area contributed by atoms with E-state index in [1.54, 1.807) is 0 Å². The van der Waals surface area contributed by atoms with Crippen LogP contribution >= 0.6 is 0 Å². The fourth-order valence-electron chi connectivity index (χ4n) is 1.36. The second kappa shape index (κ2) is 3.54. The van der Waals surface area contributed by atoms with Crippen LogP contribution < -0.4 is 4.74 Å². The van der Waals surface area contributed by atoms with Gasteiger partial charge in [0.25, 0.3) is 0 Å². The van der Waals surface area contributed by atoms with Crippen LogP contribution in [0.5, 0.6) is 5.75 Å². The maximum atomic E-state index is 12.6. The van der Waals surface area contributed by atoms with Crippen LogP contribution in [0.4, 0.5) is 13.2 Å². The Morgan fingerprint density at radius 1 is 1.24 bits per heavy atom. The molecular weight excluding hydrogens is 237 g/mol. The van der Waals surface area contributed by atoms with Gasteiger partial charge in [-0.05, 0) is 12.1 Å². The van der Waals surface area contributed by atoms with Crippen molar-refractivity contribution in [2.45, 2.75) is 18.8 Å². The maximum absolute atomic E-state index is 12.6. The minimum Gasteiger partial charge on any atom is -0.427 e. The van der Waals surface area contributed by atoms with E-state index in [2.05, 4.69) is 10.2 Å². The molecule has 0 unspecified atom stereocenters. The smallest absolute Gasteiger partial charge is 0.427 e. The Hall–Kier alpha value is -1.92. The van der Waals surface area contributed by atoms with Gasteiger partial charge in [0.15, 0.2) is 0 Å². The van der Waals surface area contributed by atoms with E-state index in [0.29, 0.717) is 0 Å². The molecule has 1 aromatic carbocycles. The average molecular weight is 244 g/mol. The first-order valence-corrected chi connectivity index (χ1v) is 4.65. The van der Waals surface area contributed by atoms with Crippen LogP contribution in [0.15, 0.2) is 34.5 Å². The summed E-state index contributed by atoms with van der Waals surface area (Å²) >= 11 is 0. The number of carbonyl (C=O) groups is 1. The summed E-state index contributed by atoms with van der Waals surface area (Å²) in [4.78, 5) is 10.6. The van der Waals surface area contributed by atoms with Crippen molar-refractivity contribution in [1.29, 1.82) is 0 Å². The normalized spacial score (nSPS) is 16.7. The number of benzene rings is 1. The van der Waals surface area contributed by atoms with E-state index >= 15 is 0 Å². The third-order valence-corrected chi connectivity index (χ3v) is 2.21. The van der Waals surface area contributed by atoms with Crippen LogP contribution in [0, 0.1) is 0 Å².